The van der Waals surface area contributed by atoms with Crippen LogP contribution in [0.5, 0.6) is 0 Å². The molecule has 1 aromatic carbocycles. The molecule has 2 N–H and O–H groups in total. The van der Waals surface area contributed by atoms with Gasteiger partial charge in [0.1, 0.15) is 5.82 Å². The lowest BCUT2D eigenvalue weighted by Crippen LogP contribution is -2.34. The molecule has 18 heavy (non-hydrogen) atoms. The molecule has 1 aliphatic carbocycles. The van der Waals surface area contributed by atoms with Crippen molar-refractivity contribution >= 4 is 11.6 Å². The summed E-state index contributed by atoms with van der Waals surface area (Å²) in [5, 5.41) is 5.92. The van der Waals surface area contributed by atoms with Gasteiger partial charge < -0.3 is 10.6 Å². The van der Waals surface area contributed by atoms with Crippen LogP contribution in [-0.4, -0.2) is 18.5 Å². The van der Waals surface area contributed by atoms with Crippen molar-refractivity contribution in [2.75, 3.05) is 11.9 Å². The van der Waals surface area contributed by atoms with Gasteiger partial charge in [0.15, 0.2) is 0 Å². The number of carbonyl (C=O) groups is 1. The van der Waals surface area contributed by atoms with Gasteiger partial charge in [-0.15, -0.1) is 0 Å². The van der Waals surface area contributed by atoms with E-state index in [9.17, 15) is 9.18 Å². The molecule has 1 unspecified atom stereocenters. The Kier molecular flexibility index (Phi) is 4.31. The van der Waals surface area contributed by atoms with Gasteiger partial charge in [-0.3, -0.25) is 4.79 Å². The Morgan fingerprint density at radius 2 is 2.06 bits per heavy atom. The third kappa shape index (κ3) is 4.45. The summed E-state index contributed by atoms with van der Waals surface area (Å²) in [5.74, 6) is 0.459. The zero-order chi connectivity index (χ0) is 13.0. The molecule has 3 nitrogen and oxygen atoms in total. The van der Waals surface area contributed by atoms with E-state index in [1.807, 2.05) is 0 Å². The van der Waals surface area contributed by atoms with Crippen LogP contribution >= 0.6 is 0 Å². The number of anilines is 1. The van der Waals surface area contributed by atoms with Crippen molar-refractivity contribution in [3.63, 3.8) is 0 Å². The molecule has 1 atom stereocenters. The summed E-state index contributed by atoms with van der Waals surface area (Å²) in [5.41, 5.74) is 0.623. The first-order valence-electron chi connectivity index (χ1n) is 6.42. The lowest BCUT2D eigenvalue weighted by atomic mass is 10.1. The van der Waals surface area contributed by atoms with Crippen LogP contribution in [0.1, 0.15) is 26.2 Å². The fourth-order valence-electron chi connectivity index (χ4n) is 1.94. The third-order valence-corrected chi connectivity index (χ3v) is 3.12. The highest BCUT2D eigenvalue weighted by Crippen LogP contribution is 2.33. The molecule has 0 saturated heterocycles. The number of hydrogen-bond acceptors (Lipinski definition) is 2. The van der Waals surface area contributed by atoms with E-state index < -0.39 is 0 Å². The minimum Gasteiger partial charge on any atom is -0.325 e. The van der Waals surface area contributed by atoms with Crippen molar-refractivity contribution in [2.24, 2.45) is 5.92 Å². The van der Waals surface area contributed by atoms with Crippen molar-refractivity contribution in [1.29, 1.82) is 0 Å². The van der Waals surface area contributed by atoms with Crippen LogP contribution < -0.4 is 10.6 Å². The normalized spacial score (nSPS) is 16.3. The molecular weight excluding hydrogens is 231 g/mol. The van der Waals surface area contributed by atoms with Crippen LogP contribution in [0.15, 0.2) is 24.3 Å². The number of hydrogen-bond donors (Lipinski definition) is 2. The minimum absolute atomic E-state index is 0.0933. The van der Waals surface area contributed by atoms with Gasteiger partial charge in [-0.25, -0.2) is 4.39 Å². The largest absolute Gasteiger partial charge is 0.325 e. The van der Waals surface area contributed by atoms with E-state index in [0.29, 0.717) is 18.3 Å². The Hall–Kier alpha value is -1.42. The summed E-state index contributed by atoms with van der Waals surface area (Å²) < 4.78 is 12.7. The molecular formula is C14H19FN2O. The molecule has 1 amide bonds. The fraction of sp³-hybridized carbons (Fsp3) is 0.500. The number of benzene rings is 1. The Labute approximate surface area is 107 Å². The second-order valence-corrected chi connectivity index (χ2v) is 5.02. The standard InChI is InChI=1S/C14H19FN2O/c1-10(8-11-2-3-11)16-9-14(18)17-13-6-4-12(15)5-7-13/h4-7,10-11,16H,2-3,8-9H2,1H3,(H,17,18). The molecule has 1 fully saturated rings. The van der Waals surface area contributed by atoms with E-state index in [4.69, 9.17) is 0 Å². The van der Waals surface area contributed by atoms with Gasteiger partial charge in [-0.1, -0.05) is 12.8 Å². The first kappa shape index (κ1) is 13.0. The molecule has 98 valence electrons. The van der Waals surface area contributed by atoms with E-state index in [-0.39, 0.29) is 11.7 Å². The van der Waals surface area contributed by atoms with Crippen molar-refractivity contribution in [3.8, 4) is 0 Å². The number of nitrogens with one attached hydrogen (secondary N) is 2. The van der Waals surface area contributed by atoms with E-state index in [0.717, 1.165) is 12.3 Å². The highest BCUT2D eigenvalue weighted by Gasteiger charge is 2.23. The summed E-state index contributed by atoms with van der Waals surface area (Å²) in [6.45, 7) is 2.40. The van der Waals surface area contributed by atoms with Crippen LogP contribution in [0.3, 0.4) is 0 Å². The molecule has 4 heteroatoms. The van der Waals surface area contributed by atoms with E-state index in [1.54, 1.807) is 12.1 Å². The highest BCUT2D eigenvalue weighted by atomic mass is 19.1. The van der Waals surface area contributed by atoms with Crippen molar-refractivity contribution in [1.82, 2.24) is 5.32 Å². The first-order valence-corrected chi connectivity index (χ1v) is 6.42. The fourth-order valence-corrected chi connectivity index (χ4v) is 1.94. The number of amides is 1. The van der Waals surface area contributed by atoms with Crippen LogP contribution in [0, 0.1) is 11.7 Å². The maximum atomic E-state index is 12.7. The maximum Gasteiger partial charge on any atom is 0.238 e. The molecule has 0 radical (unpaired) electrons. The van der Waals surface area contributed by atoms with Crippen LogP contribution in [-0.2, 0) is 4.79 Å². The van der Waals surface area contributed by atoms with Crippen LogP contribution in [0.25, 0.3) is 0 Å². The summed E-state index contributed by atoms with van der Waals surface area (Å²) in [6, 6.07) is 6.15. The SMILES string of the molecule is CC(CC1CC1)NCC(=O)Nc1ccc(F)cc1. The van der Waals surface area contributed by atoms with Crippen molar-refractivity contribution in [2.45, 2.75) is 32.2 Å². The lowest BCUT2D eigenvalue weighted by molar-refractivity contribution is -0.115. The molecule has 1 aromatic rings. The first-order chi connectivity index (χ1) is 8.63. The molecule has 0 aliphatic heterocycles. The van der Waals surface area contributed by atoms with Gasteiger partial charge in [0.05, 0.1) is 6.54 Å². The molecule has 0 spiro atoms. The van der Waals surface area contributed by atoms with Gasteiger partial charge in [0.25, 0.3) is 0 Å². The number of halogens is 1. The topological polar surface area (TPSA) is 41.1 Å². The second-order valence-electron chi connectivity index (χ2n) is 5.02. The van der Waals surface area contributed by atoms with Gasteiger partial charge in [0.2, 0.25) is 5.91 Å². The highest BCUT2D eigenvalue weighted by molar-refractivity contribution is 5.92. The Morgan fingerprint density at radius 3 is 2.67 bits per heavy atom. The van der Waals surface area contributed by atoms with Gasteiger partial charge in [-0.05, 0) is 43.5 Å². The summed E-state index contributed by atoms with van der Waals surface area (Å²) in [6.07, 6.45) is 3.80. The predicted octanol–water partition coefficient (Wildman–Crippen LogP) is 2.54. The smallest absolute Gasteiger partial charge is 0.238 e. The van der Waals surface area contributed by atoms with E-state index >= 15 is 0 Å². The van der Waals surface area contributed by atoms with Gasteiger partial charge in [-0.2, -0.15) is 0 Å². The minimum atomic E-state index is -0.302. The third-order valence-electron chi connectivity index (χ3n) is 3.12. The summed E-state index contributed by atoms with van der Waals surface area (Å²) >= 11 is 0. The molecule has 2 rings (SSSR count). The average molecular weight is 250 g/mol. The van der Waals surface area contributed by atoms with Crippen molar-refractivity contribution in [3.05, 3.63) is 30.1 Å². The molecule has 1 aliphatic rings. The Bertz CT molecular complexity index is 401. The molecule has 0 bridgehead atoms. The van der Waals surface area contributed by atoms with Gasteiger partial charge in [0, 0.05) is 11.7 Å². The predicted molar refractivity (Wildman–Crippen MR) is 69.8 cm³/mol. The summed E-state index contributed by atoms with van der Waals surface area (Å²) in [7, 11) is 0. The zero-order valence-electron chi connectivity index (χ0n) is 10.6. The monoisotopic (exact) mass is 250 g/mol. The van der Waals surface area contributed by atoms with Crippen LogP contribution in [0.4, 0.5) is 10.1 Å². The number of rotatable bonds is 6. The average Bonchev–Trinajstić information content (AvgIpc) is 3.13. The quantitative estimate of drug-likeness (QED) is 0.814. The summed E-state index contributed by atoms with van der Waals surface area (Å²) in [4.78, 5) is 11.6. The zero-order valence-corrected chi connectivity index (χ0v) is 10.6. The lowest BCUT2D eigenvalue weighted by Gasteiger charge is -2.13. The molecule has 1 saturated carbocycles. The maximum absolute atomic E-state index is 12.7. The van der Waals surface area contributed by atoms with Gasteiger partial charge >= 0.3 is 0 Å². The van der Waals surface area contributed by atoms with Crippen LogP contribution in [0.2, 0.25) is 0 Å². The molecule has 0 aromatic heterocycles. The van der Waals surface area contributed by atoms with E-state index in [1.165, 1.54) is 25.0 Å². The van der Waals surface area contributed by atoms with Crippen molar-refractivity contribution < 1.29 is 9.18 Å². The number of carbonyl (C=O) groups excluding carboxylic acids is 1. The Balaban J connectivity index is 1.69. The Morgan fingerprint density at radius 1 is 1.39 bits per heavy atom. The second kappa shape index (κ2) is 5.96. The molecule has 0 heterocycles. The van der Waals surface area contributed by atoms with E-state index in [2.05, 4.69) is 17.6 Å².